The summed E-state index contributed by atoms with van der Waals surface area (Å²) in [5.41, 5.74) is 0.347. The van der Waals surface area contributed by atoms with Crippen molar-refractivity contribution in [1.29, 1.82) is 0 Å². The van der Waals surface area contributed by atoms with Gasteiger partial charge in [-0.15, -0.1) is 0 Å². The van der Waals surface area contributed by atoms with E-state index < -0.39 is 17.9 Å². The molecule has 2 rings (SSSR count). The van der Waals surface area contributed by atoms with Crippen LogP contribution in [0.25, 0.3) is 0 Å². The first-order valence-corrected chi connectivity index (χ1v) is 6.03. The van der Waals surface area contributed by atoms with Crippen molar-refractivity contribution in [2.75, 3.05) is 0 Å². The number of carboxylic acids is 1. The maximum atomic E-state index is 11.9. The predicted octanol–water partition coefficient (Wildman–Crippen LogP) is 1.44. The van der Waals surface area contributed by atoms with Crippen LogP contribution in [-0.2, 0) is 4.79 Å². The number of carbonyl (C=O) groups is 2. The highest BCUT2D eigenvalue weighted by Gasteiger charge is 2.37. The Morgan fingerprint density at radius 2 is 2.24 bits per heavy atom. The monoisotopic (exact) mass is 298 g/mol. The van der Waals surface area contributed by atoms with Crippen LogP contribution in [0.2, 0.25) is 0 Å². The number of halogens is 1. The number of nitrogens with zero attached hydrogens (tertiary/aromatic N) is 1. The van der Waals surface area contributed by atoms with Crippen molar-refractivity contribution >= 4 is 27.8 Å². The van der Waals surface area contributed by atoms with E-state index in [0.29, 0.717) is 10.2 Å². The Hall–Kier alpha value is -1.43. The maximum Gasteiger partial charge on any atom is 0.326 e. The molecule has 1 aromatic rings. The number of nitrogens with one attached hydrogen (secondary N) is 1. The molecule has 1 heterocycles. The van der Waals surface area contributed by atoms with Gasteiger partial charge in [-0.2, -0.15) is 0 Å². The van der Waals surface area contributed by atoms with Crippen LogP contribution in [-0.4, -0.2) is 28.0 Å². The third-order valence-electron chi connectivity index (χ3n) is 2.65. The van der Waals surface area contributed by atoms with E-state index in [2.05, 4.69) is 26.2 Å². The van der Waals surface area contributed by atoms with Crippen LogP contribution in [0.1, 0.15) is 23.2 Å². The van der Waals surface area contributed by atoms with Crippen LogP contribution in [0.4, 0.5) is 0 Å². The largest absolute Gasteiger partial charge is 0.480 e. The summed E-state index contributed by atoms with van der Waals surface area (Å²) < 4.78 is 0.414. The normalized spacial score (nSPS) is 16.3. The summed E-state index contributed by atoms with van der Waals surface area (Å²) in [6.45, 7) is 0. The van der Waals surface area contributed by atoms with Crippen molar-refractivity contribution in [3.8, 4) is 0 Å². The first-order chi connectivity index (χ1) is 8.09. The molecule has 1 saturated carbocycles. The molecule has 90 valence electrons. The predicted molar refractivity (Wildman–Crippen MR) is 63.6 cm³/mol. The van der Waals surface area contributed by atoms with E-state index in [4.69, 9.17) is 5.11 Å². The third kappa shape index (κ3) is 2.82. The lowest BCUT2D eigenvalue weighted by Gasteiger charge is -2.13. The third-order valence-corrected chi connectivity index (χ3v) is 3.28. The number of carbonyl (C=O) groups excluding carboxylic acids is 1. The van der Waals surface area contributed by atoms with Gasteiger partial charge in [0.2, 0.25) is 0 Å². The fourth-order valence-corrected chi connectivity index (χ4v) is 2.02. The highest BCUT2D eigenvalue weighted by molar-refractivity contribution is 9.10. The van der Waals surface area contributed by atoms with E-state index in [1.807, 2.05) is 0 Å². The summed E-state index contributed by atoms with van der Waals surface area (Å²) in [6.07, 6.45) is 3.26. The molecule has 0 saturated heterocycles. The Morgan fingerprint density at radius 1 is 1.53 bits per heavy atom. The molecule has 0 radical (unpaired) electrons. The lowest BCUT2D eigenvalue weighted by molar-refractivity contribution is -0.139. The number of aromatic nitrogens is 1. The highest BCUT2D eigenvalue weighted by Crippen LogP contribution is 2.33. The summed E-state index contributed by atoms with van der Waals surface area (Å²) in [7, 11) is 0. The minimum absolute atomic E-state index is 0.0619. The maximum absolute atomic E-state index is 11.9. The fourth-order valence-electron chi connectivity index (χ4n) is 1.59. The van der Waals surface area contributed by atoms with Gasteiger partial charge in [0.25, 0.3) is 5.91 Å². The molecule has 1 aliphatic rings. The van der Waals surface area contributed by atoms with Crippen LogP contribution in [0.15, 0.2) is 22.9 Å². The van der Waals surface area contributed by atoms with Gasteiger partial charge in [-0.3, -0.25) is 4.79 Å². The van der Waals surface area contributed by atoms with Crippen LogP contribution in [0, 0.1) is 5.92 Å². The molecule has 1 aromatic heterocycles. The first kappa shape index (κ1) is 12.0. The Kier molecular flexibility index (Phi) is 3.42. The average molecular weight is 299 g/mol. The molecule has 2 N–H and O–H groups in total. The van der Waals surface area contributed by atoms with E-state index in [1.54, 1.807) is 18.3 Å². The summed E-state index contributed by atoms with van der Waals surface area (Å²) in [5, 5.41) is 11.5. The van der Waals surface area contributed by atoms with Crippen molar-refractivity contribution in [3.05, 3.63) is 28.5 Å². The molecule has 1 amide bonds. The van der Waals surface area contributed by atoms with Gasteiger partial charge in [0.1, 0.15) is 10.6 Å². The lowest BCUT2D eigenvalue weighted by atomic mass is 10.1. The van der Waals surface area contributed by atoms with Gasteiger partial charge in [0.15, 0.2) is 0 Å². The van der Waals surface area contributed by atoms with Gasteiger partial charge in [0, 0.05) is 6.20 Å². The molecule has 5 nitrogen and oxygen atoms in total. The molecule has 0 spiro atoms. The zero-order valence-electron chi connectivity index (χ0n) is 8.89. The van der Waals surface area contributed by atoms with Crippen molar-refractivity contribution < 1.29 is 14.7 Å². The van der Waals surface area contributed by atoms with Gasteiger partial charge in [-0.05, 0) is 46.8 Å². The summed E-state index contributed by atoms with van der Waals surface area (Å²) >= 11 is 3.16. The van der Waals surface area contributed by atoms with Crippen LogP contribution in [0.5, 0.6) is 0 Å². The van der Waals surface area contributed by atoms with Gasteiger partial charge < -0.3 is 10.4 Å². The van der Waals surface area contributed by atoms with Gasteiger partial charge in [0.05, 0.1) is 5.56 Å². The molecule has 1 unspecified atom stereocenters. The molecule has 17 heavy (non-hydrogen) atoms. The highest BCUT2D eigenvalue weighted by atomic mass is 79.9. The molecular formula is C11H11BrN2O3. The lowest BCUT2D eigenvalue weighted by Crippen LogP contribution is -2.42. The first-order valence-electron chi connectivity index (χ1n) is 5.24. The Morgan fingerprint density at radius 3 is 2.76 bits per heavy atom. The second kappa shape index (κ2) is 4.83. The molecule has 0 bridgehead atoms. The number of hydrogen-bond acceptors (Lipinski definition) is 3. The minimum Gasteiger partial charge on any atom is -0.480 e. The minimum atomic E-state index is -0.985. The van der Waals surface area contributed by atoms with Crippen LogP contribution < -0.4 is 5.32 Å². The van der Waals surface area contributed by atoms with E-state index in [1.165, 1.54) is 0 Å². The van der Waals surface area contributed by atoms with Crippen molar-refractivity contribution in [2.45, 2.75) is 18.9 Å². The number of aliphatic carboxylic acids is 1. The van der Waals surface area contributed by atoms with E-state index in [-0.39, 0.29) is 5.92 Å². The number of pyridine rings is 1. The SMILES string of the molecule is O=C(NC(C(=O)O)C1CC1)c1cccnc1Br. The standard InChI is InChI=1S/C11H11BrN2O3/c12-9-7(2-1-5-13-9)10(15)14-8(11(16)17)6-3-4-6/h1-2,5-6,8H,3-4H2,(H,14,15)(H,16,17). The molecule has 1 fully saturated rings. The number of rotatable bonds is 4. The van der Waals surface area contributed by atoms with Crippen molar-refractivity contribution in [1.82, 2.24) is 10.3 Å². The van der Waals surface area contributed by atoms with Gasteiger partial charge >= 0.3 is 5.97 Å². The molecule has 0 aromatic carbocycles. The van der Waals surface area contributed by atoms with E-state index >= 15 is 0 Å². The molecule has 1 atom stereocenters. The Labute approximate surface area is 106 Å². The number of amides is 1. The van der Waals surface area contributed by atoms with Crippen molar-refractivity contribution in [3.63, 3.8) is 0 Å². The molecular weight excluding hydrogens is 288 g/mol. The Balaban J connectivity index is 2.10. The number of hydrogen-bond donors (Lipinski definition) is 2. The smallest absolute Gasteiger partial charge is 0.326 e. The van der Waals surface area contributed by atoms with Crippen LogP contribution in [0.3, 0.4) is 0 Å². The summed E-state index contributed by atoms with van der Waals surface area (Å²) in [4.78, 5) is 26.8. The topological polar surface area (TPSA) is 79.3 Å². The summed E-state index contributed by atoms with van der Waals surface area (Å²) in [5.74, 6) is -1.34. The second-order valence-corrected chi connectivity index (χ2v) is 4.72. The molecule has 1 aliphatic carbocycles. The van der Waals surface area contributed by atoms with Crippen LogP contribution >= 0.6 is 15.9 Å². The van der Waals surface area contributed by atoms with Gasteiger partial charge in [-0.25, -0.2) is 9.78 Å². The zero-order valence-corrected chi connectivity index (χ0v) is 10.5. The fraction of sp³-hybridized carbons (Fsp3) is 0.364. The Bertz CT molecular complexity index is 460. The second-order valence-electron chi connectivity index (χ2n) is 3.97. The molecule has 0 aliphatic heterocycles. The number of carboxylic acid groups (broad SMARTS) is 1. The van der Waals surface area contributed by atoms with E-state index in [0.717, 1.165) is 12.8 Å². The average Bonchev–Trinajstić information content (AvgIpc) is 3.09. The van der Waals surface area contributed by atoms with Crippen molar-refractivity contribution in [2.24, 2.45) is 5.92 Å². The molecule has 6 heteroatoms. The quantitative estimate of drug-likeness (QED) is 0.824. The van der Waals surface area contributed by atoms with E-state index in [9.17, 15) is 9.59 Å². The zero-order chi connectivity index (χ0) is 12.4. The van der Waals surface area contributed by atoms with Gasteiger partial charge in [-0.1, -0.05) is 0 Å². The summed E-state index contributed by atoms with van der Waals surface area (Å²) in [6, 6.07) is 2.43.